The molecule has 0 aromatic heterocycles. The standard InChI is InChI=1S/C23H29.C6H4Cl.C5H5.CH2.Zr/c1-14-9-16-11-17-10-15(2)21(23(6,7)8)13-19(17)18(16)12-20(14)22(3,4)5;7-6-4-2-1-3-5-6;1-2-4-5-3-1;;/h9,12-13H,11H2,1-8H3;2-5H;1-3H,4H2;1H2;/q3*-1;;. The Morgan fingerprint density at radius 1 is 0.865 bits per heavy atom. The van der Waals surface area contributed by atoms with Crippen molar-refractivity contribution >= 4 is 15.8 Å². The summed E-state index contributed by atoms with van der Waals surface area (Å²) < 4.78 is 3.34. The molecule has 3 aromatic rings. The fraction of sp³-hybridized carbons (Fsp3) is 0.343. The Balaban J connectivity index is 0.000000279. The van der Waals surface area contributed by atoms with Crippen molar-refractivity contribution in [3.63, 3.8) is 0 Å². The number of hydrogen-bond acceptors (Lipinski definition) is 0. The van der Waals surface area contributed by atoms with E-state index in [1.54, 1.807) is 24.3 Å². The predicted molar refractivity (Wildman–Crippen MR) is 159 cm³/mol. The molecule has 2 aliphatic rings. The molecule has 0 nitrogen and oxygen atoms in total. The number of aryl methyl sites for hydroxylation is 2. The van der Waals surface area contributed by atoms with Crippen LogP contribution in [0.5, 0.6) is 0 Å². The van der Waals surface area contributed by atoms with Crippen LogP contribution in [0.2, 0.25) is 5.02 Å². The van der Waals surface area contributed by atoms with Gasteiger partial charge in [-0.25, -0.2) is 12.2 Å². The van der Waals surface area contributed by atoms with E-state index in [-0.39, 0.29) is 10.8 Å². The van der Waals surface area contributed by atoms with Gasteiger partial charge in [0.05, 0.1) is 0 Å². The maximum atomic E-state index is 5.52. The number of halogens is 1. The Morgan fingerprint density at radius 3 is 1.89 bits per heavy atom. The second-order valence-corrected chi connectivity index (χ2v) is 11.9. The average Bonchev–Trinajstić information content (AvgIpc) is 3.50. The molecule has 0 bridgehead atoms. The van der Waals surface area contributed by atoms with E-state index in [1.807, 2.05) is 12.2 Å². The number of hydrogen-bond donors (Lipinski definition) is 0. The molecule has 0 heterocycles. The molecule has 194 valence electrons. The molecule has 3 aromatic carbocycles. The zero-order chi connectivity index (χ0) is 27.8. The van der Waals surface area contributed by atoms with E-state index in [0.29, 0.717) is 0 Å². The van der Waals surface area contributed by atoms with Crippen LogP contribution in [0.3, 0.4) is 0 Å². The van der Waals surface area contributed by atoms with E-state index < -0.39 is 0 Å². The van der Waals surface area contributed by atoms with E-state index in [2.05, 4.69) is 102 Å². The first-order valence-corrected chi connectivity index (χ1v) is 14.9. The van der Waals surface area contributed by atoms with Crippen molar-refractivity contribution in [2.24, 2.45) is 0 Å². The van der Waals surface area contributed by atoms with Gasteiger partial charge in [0.15, 0.2) is 0 Å². The van der Waals surface area contributed by atoms with Crippen molar-refractivity contribution in [1.82, 2.24) is 0 Å². The Hall–Kier alpha value is -1.82. The Labute approximate surface area is 246 Å². The topological polar surface area (TPSA) is 0 Å². The molecule has 0 amide bonds. The summed E-state index contributed by atoms with van der Waals surface area (Å²) in [6.07, 6.45) is 11.0. The zero-order valence-corrected chi connectivity index (χ0v) is 27.0. The van der Waals surface area contributed by atoms with Crippen molar-refractivity contribution in [1.29, 1.82) is 0 Å². The van der Waals surface area contributed by atoms with Gasteiger partial charge < -0.3 is 0 Å². The van der Waals surface area contributed by atoms with Crippen molar-refractivity contribution < 1.29 is 24.2 Å². The zero-order valence-electron chi connectivity index (χ0n) is 23.8. The Kier molecular flexibility index (Phi) is 11.7. The second-order valence-electron chi connectivity index (χ2n) is 11.4. The van der Waals surface area contributed by atoms with Crippen molar-refractivity contribution in [2.75, 3.05) is 0 Å². The van der Waals surface area contributed by atoms with Crippen LogP contribution in [0.25, 0.3) is 11.1 Å². The van der Waals surface area contributed by atoms with Crippen molar-refractivity contribution in [3.05, 3.63) is 117 Å². The summed E-state index contributed by atoms with van der Waals surface area (Å²) >= 11 is 6.82. The van der Waals surface area contributed by atoms with Gasteiger partial charge in [0.1, 0.15) is 0 Å². The molecular formula is C35H40ClZr-3. The van der Waals surface area contributed by atoms with E-state index >= 15 is 0 Å². The molecule has 0 unspecified atom stereocenters. The van der Waals surface area contributed by atoms with Gasteiger partial charge in [-0.15, -0.1) is 34.7 Å². The Morgan fingerprint density at radius 2 is 1.46 bits per heavy atom. The molecule has 0 aliphatic heterocycles. The third kappa shape index (κ3) is 8.87. The monoisotopic (exact) mass is 585 g/mol. The third-order valence-electron chi connectivity index (χ3n) is 6.34. The minimum atomic E-state index is 0.163. The van der Waals surface area contributed by atoms with Crippen molar-refractivity contribution in [2.45, 2.75) is 79.1 Å². The third-order valence-corrected chi connectivity index (χ3v) is 6.60. The van der Waals surface area contributed by atoms with Crippen LogP contribution in [0.1, 0.15) is 81.3 Å². The molecule has 0 atom stereocenters. The van der Waals surface area contributed by atoms with Gasteiger partial charge in [0.25, 0.3) is 0 Å². The summed E-state index contributed by atoms with van der Waals surface area (Å²) in [4.78, 5) is 0. The molecule has 2 aliphatic carbocycles. The SMILES string of the molecule is Cc1[c-]c2c(cc1C(C)(C)C)-c1cc(C(C)(C)C)c(C)cc1C2.Clc1cc[c-]cc1.[C-]1=CC=CC1.[CH2]=[Zr]. The van der Waals surface area contributed by atoms with Gasteiger partial charge in [-0.05, 0) is 35.4 Å². The van der Waals surface area contributed by atoms with Crippen LogP contribution in [-0.4, -0.2) is 4.21 Å². The first kappa shape index (κ1) is 31.4. The van der Waals surface area contributed by atoms with E-state index in [4.69, 9.17) is 11.6 Å². The van der Waals surface area contributed by atoms with Crippen LogP contribution in [0, 0.1) is 32.1 Å². The molecule has 0 saturated heterocycles. The van der Waals surface area contributed by atoms with Gasteiger partial charge in [0.2, 0.25) is 0 Å². The maximum absolute atomic E-state index is 5.52. The molecule has 0 spiro atoms. The molecule has 2 heteroatoms. The average molecular weight is 587 g/mol. The second kappa shape index (κ2) is 13.8. The first-order valence-electron chi connectivity index (χ1n) is 12.8. The molecule has 0 radical (unpaired) electrons. The van der Waals surface area contributed by atoms with Crippen molar-refractivity contribution in [3.8, 4) is 11.1 Å². The van der Waals surface area contributed by atoms with Crippen LogP contribution >= 0.6 is 11.6 Å². The van der Waals surface area contributed by atoms with E-state index in [9.17, 15) is 0 Å². The predicted octanol–water partition coefficient (Wildman–Crippen LogP) is 9.68. The molecular weight excluding hydrogens is 547 g/mol. The van der Waals surface area contributed by atoms with Gasteiger partial charge in [-0.3, -0.25) is 6.08 Å². The number of benzene rings is 3. The molecule has 37 heavy (non-hydrogen) atoms. The van der Waals surface area contributed by atoms with Crippen LogP contribution in [-0.2, 0) is 41.5 Å². The summed E-state index contributed by atoms with van der Waals surface area (Å²) in [5.41, 5.74) is 11.6. The summed E-state index contributed by atoms with van der Waals surface area (Å²) in [5, 5.41) is 0.763. The van der Waals surface area contributed by atoms with E-state index in [0.717, 1.165) is 17.9 Å². The number of fused-ring (bicyclic) bond motifs is 3. The molecule has 0 saturated carbocycles. The quantitative estimate of drug-likeness (QED) is 0.180. The van der Waals surface area contributed by atoms with Crippen LogP contribution < -0.4 is 0 Å². The fourth-order valence-electron chi connectivity index (χ4n) is 4.73. The first-order chi connectivity index (χ1) is 17.4. The van der Waals surface area contributed by atoms with Gasteiger partial charge >= 0.3 is 28.4 Å². The van der Waals surface area contributed by atoms with E-state index in [1.165, 1.54) is 68.7 Å². The van der Waals surface area contributed by atoms with Gasteiger partial charge in [0, 0.05) is 0 Å². The molecule has 0 fully saturated rings. The summed E-state index contributed by atoms with van der Waals surface area (Å²) in [7, 11) is 0. The Bertz CT molecular complexity index is 1160. The fourth-order valence-corrected chi connectivity index (χ4v) is 4.86. The van der Waals surface area contributed by atoms with Gasteiger partial charge in [-0.2, -0.15) is 54.1 Å². The summed E-state index contributed by atoms with van der Waals surface area (Å²) in [6.45, 7) is 18.2. The molecule has 0 N–H and O–H groups in total. The summed E-state index contributed by atoms with van der Waals surface area (Å²) in [5.74, 6) is 0. The normalized spacial score (nSPS) is 12.8. The van der Waals surface area contributed by atoms with Gasteiger partial charge in [-0.1, -0.05) is 76.6 Å². The minimum absolute atomic E-state index is 0.163. The number of allylic oxidation sites excluding steroid dienone is 4. The number of rotatable bonds is 0. The molecule has 5 rings (SSSR count). The van der Waals surface area contributed by atoms with Crippen LogP contribution in [0.4, 0.5) is 0 Å². The van der Waals surface area contributed by atoms with Crippen LogP contribution in [0.15, 0.2) is 60.7 Å². The summed E-state index contributed by atoms with van der Waals surface area (Å²) in [6, 6.07) is 20.9.